The SMILES string of the molecule is COC1CN(C#N)CCC1C. The average molecular weight is 154 g/mol. The van der Waals surface area contributed by atoms with E-state index in [2.05, 4.69) is 13.1 Å². The lowest BCUT2D eigenvalue weighted by Gasteiger charge is -2.32. The smallest absolute Gasteiger partial charge is 0.179 e. The topological polar surface area (TPSA) is 36.3 Å². The molecule has 1 aliphatic heterocycles. The Hall–Kier alpha value is -0.750. The maximum atomic E-state index is 8.61. The van der Waals surface area contributed by atoms with Crippen LogP contribution in [0.4, 0.5) is 0 Å². The number of nitriles is 1. The van der Waals surface area contributed by atoms with Gasteiger partial charge in [0, 0.05) is 13.7 Å². The first kappa shape index (κ1) is 8.35. The van der Waals surface area contributed by atoms with Gasteiger partial charge < -0.3 is 9.64 Å². The third-order valence-electron chi connectivity index (χ3n) is 2.33. The third-order valence-corrected chi connectivity index (χ3v) is 2.33. The van der Waals surface area contributed by atoms with Crippen molar-refractivity contribution in [3.8, 4) is 6.19 Å². The molecular weight excluding hydrogens is 140 g/mol. The molecule has 1 heterocycles. The lowest BCUT2D eigenvalue weighted by Crippen LogP contribution is -2.41. The van der Waals surface area contributed by atoms with E-state index >= 15 is 0 Å². The first-order valence-electron chi connectivity index (χ1n) is 3.95. The van der Waals surface area contributed by atoms with E-state index in [1.54, 1.807) is 12.0 Å². The van der Waals surface area contributed by atoms with Gasteiger partial charge in [-0.05, 0) is 12.3 Å². The van der Waals surface area contributed by atoms with Gasteiger partial charge in [0.25, 0.3) is 0 Å². The van der Waals surface area contributed by atoms with Crippen LogP contribution in [0, 0.1) is 17.4 Å². The van der Waals surface area contributed by atoms with Crippen LogP contribution in [-0.2, 0) is 4.74 Å². The Morgan fingerprint density at radius 3 is 2.91 bits per heavy atom. The van der Waals surface area contributed by atoms with Crippen LogP contribution in [0.5, 0.6) is 0 Å². The molecule has 1 rings (SSSR count). The minimum absolute atomic E-state index is 0.239. The molecule has 0 spiro atoms. The van der Waals surface area contributed by atoms with Gasteiger partial charge in [-0.1, -0.05) is 6.92 Å². The van der Waals surface area contributed by atoms with E-state index in [9.17, 15) is 0 Å². The fourth-order valence-corrected chi connectivity index (χ4v) is 1.43. The second-order valence-electron chi connectivity index (χ2n) is 3.09. The Kier molecular flexibility index (Phi) is 2.72. The molecule has 2 atom stereocenters. The largest absolute Gasteiger partial charge is 0.379 e. The first-order valence-corrected chi connectivity index (χ1v) is 3.95. The van der Waals surface area contributed by atoms with Crippen LogP contribution in [-0.4, -0.2) is 31.2 Å². The molecule has 0 radical (unpaired) electrons. The number of methoxy groups -OCH3 is 1. The monoisotopic (exact) mass is 154 g/mol. The Morgan fingerprint density at radius 1 is 1.64 bits per heavy atom. The van der Waals surface area contributed by atoms with Gasteiger partial charge >= 0.3 is 0 Å². The number of nitrogens with zero attached hydrogens (tertiary/aromatic N) is 2. The number of rotatable bonds is 1. The molecule has 1 fully saturated rings. The summed E-state index contributed by atoms with van der Waals surface area (Å²) < 4.78 is 5.24. The van der Waals surface area contributed by atoms with E-state index in [1.807, 2.05) is 0 Å². The summed E-state index contributed by atoms with van der Waals surface area (Å²) in [6.07, 6.45) is 3.44. The lowest BCUT2D eigenvalue weighted by molar-refractivity contribution is 0.0115. The van der Waals surface area contributed by atoms with Crippen molar-refractivity contribution in [1.29, 1.82) is 5.26 Å². The summed E-state index contributed by atoms with van der Waals surface area (Å²) in [5, 5.41) is 8.61. The molecule has 1 aliphatic rings. The van der Waals surface area contributed by atoms with Gasteiger partial charge in [-0.25, -0.2) is 0 Å². The van der Waals surface area contributed by atoms with Crippen LogP contribution in [0.15, 0.2) is 0 Å². The van der Waals surface area contributed by atoms with Crippen LogP contribution in [0.25, 0.3) is 0 Å². The highest BCUT2D eigenvalue weighted by atomic mass is 16.5. The van der Waals surface area contributed by atoms with E-state index in [0.29, 0.717) is 5.92 Å². The Balaban J connectivity index is 2.45. The second-order valence-corrected chi connectivity index (χ2v) is 3.09. The molecule has 0 aromatic carbocycles. The van der Waals surface area contributed by atoms with Gasteiger partial charge in [0.1, 0.15) is 0 Å². The normalized spacial score (nSPS) is 31.5. The number of hydrogen-bond acceptors (Lipinski definition) is 3. The van der Waals surface area contributed by atoms with E-state index in [0.717, 1.165) is 19.5 Å². The minimum atomic E-state index is 0.239. The molecule has 0 aliphatic carbocycles. The van der Waals surface area contributed by atoms with Crippen LogP contribution in [0.1, 0.15) is 13.3 Å². The Morgan fingerprint density at radius 2 is 2.36 bits per heavy atom. The number of piperidine rings is 1. The zero-order chi connectivity index (χ0) is 8.27. The van der Waals surface area contributed by atoms with Crippen molar-refractivity contribution < 1.29 is 4.74 Å². The number of ether oxygens (including phenoxy) is 1. The fourth-order valence-electron chi connectivity index (χ4n) is 1.43. The molecular formula is C8H14N2O. The van der Waals surface area contributed by atoms with Crippen molar-refractivity contribution in [2.45, 2.75) is 19.4 Å². The van der Waals surface area contributed by atoms with Crippen molar-refractivity contribution in [3.05, 3.63) is 0 Å². The van der Waals surface area contributed by atoms with Gasteiger partial charge in [0.15, 0.2) is 6.19 Å². The van der Waals surface area contributed by atoms with Gasteiger partial charge in [-0.15, -0.1) is 0 Å². The highest BCUT2D eigenvalue weighted by Crippen LogP contribution is 2.18. The lowest BCUT2D eigenvalue weighted by atomic mass is 9.96. The second kappa shape index (κ2) is 3.59. The maximum Gasteiger partial charge on any atom is 0.179 e. The van der Waals surface area contributed by atoms with Crippen LogP contribution in [0.3, 0.4) is 0 Å². The molecule has 2 unspecified atom stereocenters. The number of likely N-dealkylation sites (tertiary alicyclic amines) is 1. The van der Waals surface area contributed by atoms with Gasteiger partial charge in [-0.3, -0.25) is 0 Å². The Bertz CT molecular complexity index is 164. The third kappa shape index (κ3) is 1.84. The summed E-state index contributed by atoms with van der Waals surface area (Å²) in [5.74, 6) is 0.588. The summed E-state index contributed by atoms with van der Waals surface area (Å²) >= 11 is 0. The predicted molar refractivity (Wildman–Crippen MR) is 41.8 cm³/mol. The predicted octanol–water partition coefficient (Wildman–Crippen LogP) is 0.824. The molecule has 0 aromatic rings. The Labute approximate surface area is 67.6 Å². The van der Waals surface area contributed by atoms with E-state index < -0.39 is 0 Å². The van der Waals surface area contributed by atoms with Crippen molar-refractivity contribution in [2.24, 2.45) is 5.92 Å². The standard InChI is InChI=1S/C8H14N2O/c1-7-3-4-10(6-9)5-8(7)11-2/h7-8H,3-5H2,1-2H3. The first-order chi connectivity index (χ1) is 5.27. The molecule has 1 saturated heterocycles. The molecule has 11 heavy (non-hydrogen) atoms. The summed E-state index contributed by atoms with van der Waals surface area (Å²) in [5.41, 5.74) is 0. The molecule has 0 aromatic heterocycles. The van der Waals surface area contributed by atoms with E-state index in [4.69, 9.17) is 10.00 Å². The molecule has 3 nitrogen and oxygen atoms in total. The average Bonchev–Trinajstić information content (AvgIpc) is 2.05. The van der Waals surface area contributed by atoms with Crippen molar-refractivity contribution in [2.75, 3.05) is 20.2 Å². The van der Waals surface area contributed by atoms with Crippen LogP contribution in [0.2, 0.25) is 0 Å². The molecule has 0 N–H and O–H groups in total. The van der Waals surface area contributed by atoms with E-state index in [-0.39, 0.29) is 6.10 Å². The fraction of sp³-hybridized carbons (Fsp3) is 0.875. The van der Waals surface area contributed by atoms with E-state index in [1.165, 1.54) is 0 Å². The van der Waals surface area contributed by atoms with Gasteiger partial charge in [-0.2, -0.15) is 5.26 Å². The molecule has 62 valence electrons. The number of hydrogen-bond donors (Lipinski definition) is 0. The van der Waals surface area contributed by atoms with Crippen LogP contribution < -0.4 is 0 Å². The van der Waals surface area contributed by atoms with Crippen LogP contribution >= 0.6 is 0 Å². The summed E-state index contributed by atoms with van der Waals surface area (Å²) in [6.45, 7) is 3.81. The zero-order valence-corrected chi connectivity index (χ0v) is 7.08. The summed E-state index contributed by atoms with van der Waals surface area (Å²) in [7, 11) is 1.71. The summed E-state index contributed by atoms with van der Waals surface area (Å²) in [6, 6.07) is 0. The summed E-state index contributed by atoms with van der Waals surface area (Å²) in [4.78, 5) is 1.76. The van der Waals surface area contributed by atoms with Crippen molar-refractivity contribution >= 4 is 0 Å². The molecule has 3 heteroatoms. The van der Waals surface area contributed by atoms with Gasteiger partial charge in [0.2, 0.25) is 0 Å². The van der Waals surface area contributed by atoms with Crippen molar-refractivity contribution in [1.82, 2.24) is 4.90 Å². The minimum Gasteiger partial charge on any atom is -0.379 e. The van der Waals surface area contributed by atoms with Crippen molar-refractivity contribution in [3.63, 3.8) is 0 Å². The quantitative estimate of drug-likeness (QED) is 0.525. The molecule has 0 saturated carbocycles. The highest BCUT2D eigenvalue weighted by Gasteiger charge is 2.24. The zero-order valence-electron chi connectivity index (χ0n) is 7.08. The highest BCUT2D eigenvalue weighted by molar-refractivity contribution is 4.85. The maximum absolute atomic E-state index is 8.61. The molecule has 0 bridgehead atoms. The molecule has 0 amide bonds. The van der Waals surface area contributed by atoms with Gasteiger partial charge in [0.05, 0.1) is 12.6 Å².